The standard InChI is InChI=1S/C64H79N5O7/c1-3-66-35-49-47(32-50-61-59-48(44-18-24-68-62(44)60(49)61)30-43(70)31-51(59)69-64(50)19-7-4-8-20-64)41-16-22-63(57(75)28-41)21-15-40(46-34-54(73)55(76-2)27-39(46)13-14-56(63)74)26-52(71)53(72)33-45(42-17-23-67-58(65)29-42)38-12-11-36-9-5-6-10-37(36)25-38/h5-6,9-12,17-18,24-25,27,29,34,40-41,45,47-53,57,59-61,66-69,71-73,75H,3-4,7-8,13-14,16,19-20,22-23,26,28,30-33,35,65H2,1-2H3/t40-,41+,45-,47-,48-,49-,50+,51-,52-,53+,57+,59-,60-,61+,63+/m0/s1. The number of aromatic amines is 1. The first-order valence-electron chi connectivity index (χ1n) is 29.0. The highest BCUT2D eigenvalue weighted by Crippen LogP contribution is 2.67. The van der Waals surface area contributed by atoms with Crippen LogP contribution in [0.4, 0.5) is 0 Å². The van der Waals surface area contributed by atoms with E-state index in [1.165, 1.54) is 37.6 Å². The van der Waals surface area contributed by atoms with Gasteiger partial charge < -0.3 is 51.8 Å². The number of phenols is 1. The molecule has 3 aromatic carbocycles. The number of aliphatic hydroxyl groups excluding tert-OH is 3. The van der Waals surface area contributed by atoms with Crippen LogP contribution in [0.1, 0.15) is 148 Å². The lowest BCUT2D eigenvalue weighted by atomic mass is 9.42. The number of hydrogen-bond acceptors (Lipinski definition) is 11. The molecule has 6 aliphatic carbocycles. The fourth-order valence-corrected chi connectivity index (χ4v) is 17.3. The van der Waals surface area contributed by atoms with E-state index in [0.717, 1.165) is 66.2 Å². The van der Waals surface area contributed by atoms with Crippen molar-refractivity contribution in [3.63, 3.8) is 0 Å². The van der Waals surface area contributed by atoms with E-state index >= 15 is 4.79 Å². The Morgan fingerprint density at radius 1 is 0.934 bits per heavy atom. The quantitative estimate of drug-likeness (QED) is 0.0619. The van der Waals surface area contributed by atoms with Crippen molar-refractivity contribution >= 4 is 22.3 Å². The molecule has 4 aromatic rings. The Balaban J connectivity index is 0.859. The van der Waals surface area contributed by atoms with Crippen LogP contribution in [0.2, 0.25) is 0 Å². The van der Waals surface area contributed by atoms with Crippen LogP contribution >= 0.6 is 0 Å². The monoisotopic (exact) mass is 1030 g/mol. The number of aromatic hydroxyl groups is 1. The molecule has 1 saturated heterocycles. The molecule has 10 N–H and O–H groups in total. The maximum atomic E-state index is 15.0. The Morgan fingerprint density at radius 3 is 2.55 bits per heavy atom. The lowest BCUT2D eigenvalue weighted by molar-refractivity contribution is -0.142. The number of fused-ring (bicyclic) bond motifs is 6. The van der Waals surface area contributed by atoms with Crippen LogP contribution in [0.15, 0.2) is 90.4 Å². The Morgan fingerprint density at radius 2 is 1.76 bits per heavy atom. The molecule has 3 heterocycles. The van der Waals surface area contributed by atoms with Crippen LogP contribution in [0.3, 0.4) is 0 Å². The average Bonchev–Trinajstić information content (AvgIpc) is 4.11. The number of rotatable bonds is 12. The Bertz CT molecular complexity index is 2980. The van der Waals surface area contributed by atoms with E-state index in [2.05, 4.69) is 88.4 Å². The number of hydrogen-bond donors (Lipinski definition) is 9. The van der Waals surface area contributed by atoms with Gasteiger partial charge in [-0.25, -0.2) is 0 Å². The molecular formula is C64H79N5O7. The maximum Gasteiger partial charge on any atom is 0.160 e. The fraction of sp³-hybridized carbons (Fsp3) is 0.562. The van der Waals surface area contributed by atoms with E-state index in [0.29, 0.717) is 91.3 Å². The minimum absolute atomic E-state index is 0.0178. The van der Waals surface area contributed by atoms with Crippen LogP contribution in [-0.4, -0.2) is 93.6 Å². The SMILES string of the molecule is CCNC[C@H]1[C@H]([C@@H]2CC[C@@]3(C#C[C@@H](C[C@H](O)[C@H](O)C[C@H](C4=CCNC(N)=C4)c4ccc5ccccc5c4)c4cc(O)c(OC)cc4CCC3=O)[C@H](O)C2)C[C@@H]2[C@H]3[C@H]1c1[nH]ccc1[C@@H]1CC(=O)C[C@H](NC24CCCCC4)[C@@H]31. The average molecular weight is 1030 g/mol. The van der Waals surface area contributed by atoms with Crippen molar-refractivity contribution < 1.29 is 34.8 Å². The summed E-state index contributed by atoms with van der Waals surface area (Å²) in [5, 5.41) is 62.0. The van der Waals surface area contributed by atoms with Crippen molar-refractivity contribution in [1.29, 1.82) is 0 Å². The number of allylic oxidation sites excluding steroid dienone is 2. The van der Waals surface area contributed by atoms with Crippen molar-refractivity contribution in [2.75, 3.05) is 26.7 Å². The Labute approximate surface area is 448 Å². The number of ketones is 2. The normalized spacial score (nSPS) is 33.6. The van der Waals surface area contributed by atoms with Crippen LogP contribution in [0.25, 0.3) is 10.8 Å². The molecule has 402 valence electrons. The molecule has 4 saturated carbocycles. The van der Waals surface area contributed by atoms with Gasteiger partial charge in [0.2, 0.25) is 0 Å². The number of carbonyl (C=O) groups is 2. The highest BCUT2D eigenvalue weighted by Gasteiger charge is 2.65. The molecule has 0 bridgehead atoms. The van der Waals surface area contributed by atoms with Crippen molar-refractivity contribution in [1.82, 2.24) is 20.9 Å². The molecule has 5 fully saturated rings. The summed E-state index contributed by atoms with van der Waals surface area (Å²) in [6.45, 7) is 4.47. The van der Waals surface area contributed by atoms with Crippen molar-refractivity contribution in [2.24, 2.45) is 46.7 Å². The zero-order chi connectivity index (χ0) is 52.5. The van der Waals surface area contributed by atoms with Crippen molar-refractivity contribution in [3.8, 4) is 23.3 Å². The van der Waals surface area contributed by atoms with Gasteiger partial charge in [-0.15, -0.1) is 0 Å². The number of ether oxygens (including phenoxy) is 1. The molecular weight excluding hydrogens is 951 g/mol. The summed E-state index contributed by atoms with van der Waals surface area (Å²) >= 11 is 0. The fourth-order valence-electron chi connectivity index (χ4n) is 17.3. The number of methoxy groups -OCH3 is 1. The largest absolute Gasteiger partial charge is 0.504 e. The molecule has 0 amide bonds. The molecule has 2 spiro atoms. The van der Waals surface area contributed by atoms with Gasteiger partial charge in [0.05, 0.1) is 31.2 Å². The second-order valence-electron chi connectivity index (χ2n) is 24.5. The number of aromatic nitrogens is 1. The van der Waals surface area contributed by atoms with E-state index in [-0.39, 0.29) is 65.9 Å². The smallest absolute Gasteiger partial charge is 0.160 e. The number of nitrogens with one attached hydrogen (secondary N) is 4. The molecule has 0 unspecified atom stereocenters. The summed E-state index contributed by atoms with van der Waals surface area (Å²) in [6, 6.07) is 20.4. The zero-order valence-corrected chi connectivity index (χ0v) is 44.4. The van der Waals surface area contributed by atoms with Gasteiger partial charge in [-0.1, -0.05) is 86.6 Å². The van der Waals surface area contributed by atoms with Crippen LogP contribution in [0.5, 0.6) is 11.5 Å². The topological polar surface area (TPSA) is 202 Å². The summed E-state index contributed by atoms with van der Waals surface area (Å²) in [7, 11) is 1.50. The number of H-pyrrole nitrogens is 1. The van der Waals surface area contributed by atoms with Gasteiger partial charge in [0.1, 0.15) is 11.2 Å². The number of Topliss-reactive ketones (excluding diaryl/α,β-unsaturated/α-hetero) is 2. The highest BCUT2D eigenvalue weighted by atomic mass is 16.5. The van der Waals surface area contributed by atoms with E-state index in [9.17, 15) is 25.2 Å². The number of aryl methyl sites for hydroxylation is 1. The maximum absolute atomic E-state index is 15.0. The van der Waals surface area contributed by atoms with Gasteiger partial charge in [0, 0.05) is 67.0 Å². The summed E-state index contributed by atoms with van der Waals surface area (Å²) < 4.78 is 5.59. The van der Waals surface area contributed by atoms with Gasteiger partial charge in [0.25, 0.3) is 0 Å². The molecule has 2 aliphatic heterocycles. The third kappa shape index (κ3) is 9.00. The Hall–Kier alpha value is -5.42. The van der Waals surface area contributed by atoms with Gasteiger partial charge in [0.15, 0.2) is 17.3 Å². The second-order valence-corrected chi connectivity index (χ2v) is 24.5. The van der Waals surface area contributed by atoms with Gasteiger partial charge >= 0.3 is 0 Å². The molecule has 12 heteroatoms. The van der Waals surface area contributed by atoms with Gasteiger partial charge in [-0.05, 0) is 175 Å². The van der Waals surface area contributed by atoms with E-state index in [1.54, 1.807) is 12.1 Å². The van der Waals surface area contributed by atoms with E-state index in [1.807, 2.05) is 18.2 Å². The van der Waals surface area contributed by atoms with Crippen LogP contribution in [-0.2, 0) is 16.0 Å². The number of carbonyl (C=O) groups excluding carboxylic acids is 2. The molecule has 1 aromatic heterocycles. The van der Waals surface area contributed by atoms with Crippen molar-refractivity contribution in [2.45, 2.75) is 157 Å². The first-order valence-corrected chi connectivity index (χ1v) is 29.0. The van der Waals surface area contributed by atoms with Crippen molar-refractivity contribution in [3.05, 3.63) is 118 Å². The van der Waals surface area contributed by atoms with Crippen LogP contribution < -0.4 is 26.4 Å². The summed E-state index contributed by atoms with van der Waals surface area (Å²) in [5.41, 5.74) is 11.1. The molecule has 0 radical (unpaired) electrons. The third-order valence-corrected chi connectivity index (χ3v) is 20.7. The summed E-state index contributed by atoms with van der Waals surface area (Å²) in [6.07, 6.45) is 13.3. The minimum atomic E-state index is -1.32. The minimum Gasteiger partial charge on any atom is -0.504 e. The number of phenolic OH excluding ortho intramolecular Hbond substituents is 1. The van der Waals surface area contributed by atoms with Gasteiger partial charge in [-0.2, -0.15) is 0 Å². The predicted molar refractivity (Wildman–Crippen MR) is 294 cm³/mol. The van der Waals surface area contributed by atoms with Gasteiger partial charge in [-0.3, -0.25) is 9.59 Å². The number of dihydropyridines is 1. The number of nitrogens with two attached hydrogens (primary N) is 1. The lowest BCUT2D eigenvalue weighted by Gasteiger charge is -2.67. The highest BCUT2D eigenvalue weighted by molar-refractivity contribution is 5.89. The van der Waals surface area contributed by atoms with E-state index in [4.69, 9.17) is 10.5 Å². The molecule has 12 nitrogen and oxygen atoms in total. The predicted octanol–water partition coefficient (Wildman–Crippen LogP) is 8.26. The zero-order valence-electron chi connectivity index (χ0n) is 44.4. The molecule has 12 rings (SSSR count). The summed E-state index contributed by atoms with van der Waals surface area (Å²) in [5.74, 6) is 9.67. The lowest BCUT2D eigenvalue weighted by Crippen LogP contribution is -2.72. The Kier molecular flexibility index (Phi) is 14.0. The number of piperidine rings is 1. The van der Waals surface area contributed by atoms with Crippen LogP contribution in [0, 0.1) is 52.8 Å². The third-order valence-electron chi connectivity index (χ3n) is 20.7. The first kappa shape index (κ1) is 51.3. The molecule has 15 atom stereocenters. The first-order chi connectivity index (χ1) is 36.9. The second kappa shape index (κ2) is 20.8. The summed E-state index contributed by atoms with van der Waals surface area (Å²) in [4.78, 5) is 32.4. The number of benzene rings is 3. The molecule has 76 heavy (non-hydrogen) atoms. The number of aliphatic hydroxyl groups is 3. The van der Waals surface area contributed by atoms with E-state index < -0.39 is 29.6 Å². The molecule has 8 aliphatic rings.